The summed E-state index contributed by atoms with van der Waals surface area (Å²) < 4.78 is 24.1. The van der Waals surface area contributed by atoms with Gasteiger partial charge in [-0.3, -0.25) is 0 Å². The number of rotatable bonds is 2. The smallest absolute Gasteiger partial charge is 0.240 e. The van der Waals surface area contributed by atoms with Crippen molar-refractivity contribution in [2.75, 3.05) is 0 Å². The van der Waals surface area contributed by atoms with Crippen LogP contribution in [0.15, 0.2) is 0 Å². The van der Waals surface area contributed by atoms with Crippen molar-refractivity contribution in [2.45, 2.75) is 50.1 Å². The van der Waals surface area contributed by atoms with Gasteiger partial charge in [-0.1, -0.05) is 6.42 Å². The van der Waals surface area contributed by atoms with Crippen LogP contribution >= 0.6 is 0 Å². The number of halogens is 2. The fraction of sp³-hybridized carbons (Fsp3) is 1.00. The summed E-state index contributed by atoms with van der Waals surface area (Å²) in [5, 5.41) is 0. The summed E-state index contributed by atoms with van der Waals surface area (Å²) >= 11 is 0. The Morgan fingerprint density at radius 3 is 2.67 bits per heavy atom. The molecule has 1 aliphatic carbocycles. The van der Waals surface area contributed by atoms with E-state index < -0.39 is 12.0 Å². The topological polar surface area (TPSA) is 52.0 Å². The van der Waals surface area contributed by atoms with E-state index in [4.69, 9.17) is 11.5 Å². The maximum absolute atomic E-state index is 12.1. The number of hydrogen-bond donors (Lipinski definition) is 2. The minimum absolute atomic E-state index is 0.0162. The molecule has 0 amide bonds. The van der Waals surface area contributed by atoms with Gasteiger partial charge in [-0.15, -0.1) is 0 Å². The molecule has 1 aliphatic rings. The molecule has 1 saturated carbocycles. The van der Waals surface area contributed by atoms with Gasteiger partial charge in [0.1, 0.15) is 0 Å². The van der Waals surface area contributed by atoms with Crippen LogP contribution in [0.2, 0.25) is 0 Å². The molecule has 2 nitrogen and oxygen atoms in total. The summed E-state index contributed by atoms with van der Waals surface area (Å²) in [5.74, 6) is 0. The molecule has 2 atom stereocenters. The molecule has 4 heteroatoms. The normalized spacial score (nSPS) is 37.2. The summed E-state index contributed by atoms with van der Waals surface area (Å²) in [5.41, 5.74) is 10.7. The van der Waals surface area contributed by atoms with Gasteiger partial charge in [0.2, 0.25) is 6.43 Å². The molecule has 0 saturated heterocycles. The molecule has 1 rings (SSSR count). The molecule has 0 bridgehead atoms. The average Bonchev–Trinajstić information content (AvgIpc) is 1.82. The summed E-state index contributed by atoms with van der Waals surface area (Å²) in [7, 11) is 0. The standard InChI is InChI=1S/C8H16F2N2/c9-7(10)5-8(12)3-1-2-6(11)4-8/h6-7H,1-5,11-12H2. The summed E-state index contributed by atoms with van der Waals surface area (Å²) in [6.07, 6.45) is 0.510. The zero-order valence-corrected chi connectivity index (χ0v) is 7.10. The number of hydrogen-bond acceptors (Lipinski definition) is 2. The Kier molecular flexibility index (Phi) is 3.01. The molecule has 0 aromatic heterocycles. The molecule has 0 spiro atoms. The second kappa shape index (κ2) is 3.66. The van der Waals surface area contributed by atoms with Crippen molar-refractivity contribution < 1.29 is 8.78 Å². The van der Waals surface area contributed by atoms with Crippen LogP contribution in [0.1, 0.15) is 32.1 Å². The molecular weight excluding hydrogens is 162 g/mol. The second-order valence-corrected chi connectivity index (χ2v) is 3.81. The molecule has 1 fully saturated rings. The van der Waals surface area contributed by atoms with E-state index in [1.807, 2.05) is 0 Å². The maximum atomic E-state index is 12.1. The second-order valence-electron chi connectivity index (χ2n) is 3.81. The van der Waals surface area contributed by atoms with Gasteiger partial charge in [0.15, 0.2) is 0 Å². The average molecular weight is 178 g/mol. The summed E-state index contributed by atoms with van der Waals surface area (Å²) in [6, 6.07) is 0.0162. The molecule has 2 unspecified atom stereocenters. The van der Waals surface area contributed by atoms with E-state index in [1.54, 1.807) is 0 Å². The Labute approximate surface area is 71.3 Å². The Hall–Kier alpha value is -0.220. The minimum Gasteiger partial charge on any atom is -0.328 e. The quantitative estimate of drug-likeness (QED) is 0.668. The predicted octanol–water partition coefficient (Wildman–Crippen LogP) is 1.24. The SMILES string of the molecule is NC1CCCC(N)(CC(F)F)C1. The largest absolute Gasteiger partial charge is 0.328 e. The summed E-state index contributed by atoms with van der Waals surface area (Å²) in [6.45, 7) is 0. The predicted molar refractivity (Wildman–Crippen MR) is 44.0 cm³/mol. The van der Waals surface area contributed by atoms with Gasteiger partial charge in [0.05, 0.1) is 0 Å². The highest BCUT2D eigenvalue weighted by molar-refractivity contribution is 4.92. The first-order valence-electron chi connectivity index (χ1n) is 4.34. The van der Waals surface area contributed by atoms with E-state index in [0.29, 0.717) is 12.8 Å². The Bertz CT molecular complexity index is 148. The maximum Gasteiger partial charge on any atom is 0.240 e. The Balaban J connectivity index is 2.45. The van der Waals surface area contributed by atoms with Crippen molar-refractivity contribution >= 4 is 0 Å². The van der Waals surface area contributed by atoms with Gasteiger partial charge in [-0.05, 0) is 19.3 Å². The van der Waals surface area contributed by atoms with Crippen molar-refractivity contribution in [3.63, 3.8) is 0 Å². The molecular formula is C8H16F2N2. The van der Waals surface area contributed by atoms with E-state index in [9.17, 15) is 8.78 Å². The third-order valence-electron chi connectivity index (χ3n) is 2.48. The molecule has 0 aromatic rings. The fourth-order valence-electron chi connectivity index (χ4n) is 1.94. The van der Waals surface area contributed by atoms with Crippen molar-refractivity contribution in [3.8, 4) is 0 Å². The van der Waals surface area contributed by atoms with Crippen LogP contribution < -0.4 is 11.5 Å². The van der Waals surface area contributed by atoms with Gasteiger partial charge in [-0.2, -0.15) is 0 Å². The van der Waals surface area contributed by atoms with Crippen molar-refractivity contribution in [2.24, 2.45) is 11.5 Å². The van der Waals surface area contributed by atoms with Crippen molar-refractivity contribution in [1.29, 1.82) is 0 Å². The van der Waals surface area contributed by atoms with Crippen LogP contribution in [0, 0.1) is 0 Å². The molecule has 0 aliphatic heterocycles. The minimum atomic E-state index is -2.31. The van der Waals surface area contributed by atoms with Crippen LogP contribution in [0.25, 0.3) is 0 Å². The first kappa shape index (κ1) is 9.86. The Morgan fingerprint density at radius 1 is 1.50 bits per heavy atom. The van der Waals surface area contributed by atoms with Gasteiger partial charge >= 0.3 is 0 Å². The van der Waals surface area contributed by atoms with Gasteiger partial charge in [0, 0.05) is 18.0 Å². The monoisotopic (exact) mass is 178 g/mol. The highest BCUT2D eigenvalue weighted by Gasteiger charge is 2.33. The fourth-order valence-corrected chi connectivity index (χ4v) is 1.94. The zero-order valence-electron chi connectivity index (χ0n) is 7.10. The van der Waals surface area contributed by atoms with E-state index in [0.717, 1.165) is 12.8 Å². The lowest BCUT2D eigenvalue weighted by molar-refractivity contribution is 0.0872. The van der Waals surface area contributed by atoms with Gasteiger partial charge < -0.3 is 11.5 Å². The molecule has 72 valence electrons. The van der Waals surface area contributed by atoms with E-state index >= 15 is 0 Å². The van der Waals surface area contributed by atoms with E-state index in [1.165, 1.54) is 0 Å². The van der Waals surface area contributed by atoms with Crippen molar-refractivity contribution in [3.05, 3.63) is 0 Å². The zero-order chi connectivity index (χ0) is 9.19. The highest BCUT2D eigenvalue weighted by Crippen LogP contribution is 2.30. The van der Waals surface area contributed by atoms with Crippen molar-refractivity contribution in [1.82, 2.24) is 0 Å². The lowest BCUT2D eigenvalue weighted by Gasteiger charge is -2.36. The number of alkyl halides is 2. The van der Waals surface area contributed by atoms with Gasteiger partial charge in [0.25, 0.3) is 0 Å². The Morgan fingerprint density at radius 2 is 2.17 bits per heavy atom. The van der Waals surface area contributed by atoms with E-state index in [2.05, 4.69) is 0 Å². The molecule has 0 aromatic carbocycles. The first-order chi connectivity index (χ1) is 5.52. The van der Waals surface area contributed by atoms with Crippen LogP contribution in [0.4, 0.5) is 8.78 Å². The van der Waals surface area contributed by atoms with Crippen LogP contribution in [0.5, 0.6) is 0 Å². The summed E-state index contributed by atoms with van der Waals surface area (Å²) in [4.78, 5) is 0. The lowest BCUT2D eigenvalue weighted by atomic mass is 9.78. The highest BCUT2D eigenvalue weighted by atomic mass is 19.3. The van der Waals surface area contributed by atoms with Gasteiger partial charge in [-0.25, -0.2) is 8.78 Å². The van der Waals surface area contributed by atoms with Crippen LogP contribution in [-0.2, 0) is 0 Å². The van der Waals surface area contributed by atoms with Crippen LogP contribution in [0.3, 0.4) is 0 Å². The molecule has 0 radical (unpaired) electrons. The van der Waals surface area contributed by atoms with Crippen LogP contribution in [-0.4, -0.2) is 18.0 Å². The third-order valence-corrected chi connectivity index (χ3v) is 2.48. The molecule has 12 heavy (non-hydrogen) atoms. The number of nitrogens with two attached hydrogens (primary N) is 2. The molecule has 0 heterocycles. The lowest BCUT2D eigenvalue weighted by Crippen LogP contribution is -2.49. The first-order valence-corrected chi connectivity index (χ1v) is 4.34. The molecule has 4 N–H and O–H groups in total. The van der Waals surface area contributed by atoms with E-state index in [-0.39, 0.29) is 12.5 Å². The third kappa shape index (κ3) is 2.68.